The number of amides is 3. The van der Waals surface area contributed by atoms with E-state index in [-0.39, 0.29) is 23.6 Å². The normalized spacial score (nSPS) is 24.3. The number of carbonyl (C=O) groups excluding carboxylic acids is 3. The van der Waals surface area contributed by atoms with E-state index in [1.165, 1.54) is 10.5 Å². The van der Waals surface area contributed by atoms with Crippen LogP contribution in [0.1, 0.15) is 46.2 Å². The molecule has 1 saturated heterocycles. The minimum Gasteiger partial charge on any atom is -0.325 e. The number of nitrogens with one attached hydrogen (secondary N) is 1. The van der Waals surface area contributed by atoms with E-state index in [1.54, 1.807) is 0 Å². The molecule has 0 radical (unpaired) electrons. The van der Waals surface area contributed by atoms with E-state index in [2.05, 4.69) is 12.2 Å². The maximum atomic E-state index is 14.7. The number of imide groups is 1. The van der Waals surface area contributed by atoms with Gasteiger partial charge in [0.1, 0.15) is 5.41 Å². The van der Waals surface area contributed by atoms with Crippen LogP contribution >= 0.6 is 0 Å². The van der Waals surface area contributed by atoms with Crippen molar-refractivity contribution in [1.29, 1.82) is 0 Å². The van der Waals surface area contributed by atoms with Gasteiger partial charge in [0.2, 0.25) is 17.7 Å². The molecule has 0 unspecified atom stereocenters. The number of anilines is 2. The molecule has 4 aliphatic rings. The van der Waals surface area contributed by atoms with Crippen LogP contribution in [0.4, 0.5) is 11.4 Å². The van der Waals surface area contributed by atoms with Crippen LogP contribution in [0.15, 0.2) is 97.1 Å². The molecule has 1 heterocycles. The Kier molecular flexibility index (Phi) is 5.14. The number of benzene rings is 4. The third kappa shape index (κ3) is 3.10. The number of hydrogen-bond donors (Lipinski definition) is 1. The lowest BCUT2D eigenvalue weighted by Gasteiger charge is -2.52. The van der Waals surface area contributed by atoms with Gasteiger partial charge in [0.05, 0.1) is 17.5 Å². The summed E-state index contributed by atoms with van der Waals surface area (Å²) < 4.78 is 0. The van der Waals surface area contributed by atoms with E-state index in [9.17, 15) is 14.4 Å². The van der Waals surface area contributed by atoms with Gasteiger partial charge >= 0.3 is 0 Å². The molecule has 5 nitrogen and oxygen atoms in total. The van der Waals surface area contributed by atoms with Crippen molar-refractivity contribution in [1.82, 2.24) is 0 Å². The van der Waals surface area contributed by atoms with Crippen molar-refractivity contribution in [2.45, 2.75) is 31.6 Å². The van der Waals surface area contributed by atoms with Crippen molar-refractivity contribution < 1.29 is 14.4 Å². The molecule has 3 amide bonds. The second-order valence-corrected chi connectivity index (χ2v) is 10.8. The fourth-order valence-electron chi connectivity index (χ4n) is 7.16. The van der Waals surface area contributed by atoms with Gasteiger partial charge in [0.25, 0.3) is 0 Å². The molecule has 4 aromatic carbocycles. The quantitative estimate of drug-likeness (QED) is 0.354. The predicted molar refractivity (Wildman–Crippen MR) is 151 cm³/mol. The summed E-state index contributed by atoms with van der Waals surface area (Å²) >= 11 is 0. The van der Waals surface area contributed by atoms with Crippen LogP contribution in [0.2, 0.25) is 0 Å². The van der Waals surface area contributed by atoms with E-state index in [0.29, 0.717) is 11.4 Å². The Morgan fingerprint density at radius 2 is 1.38 bits per heavy atom. The zero-order valence-electron chi connectivity index (χ0n) is 21.8. The first kappa shape index (κ1) is 23.6. The lowest BCUT2D eigenvalue weighted by molar-refractivity contribution is -0.132. The molecule has 0 saturated carbocycles. The van der Waals surface area contributed by atoms with Gasteiger partial charge in [0.15, 0.2) is 0 Å². The van der Waals surface area contributed by atoms with Gasteiger partial charge in [-0.15, -0.1) is 0 Å². The van der Waals surface area contributed by atoms with Crippen molar-refractivity contribution in [3.8, 4) is 0 Å². The number of rotatable bonds is 4. The summed E-state index contributed by atoms with van der Waals surface area (Å²) in [6.07, 6.45) is 0.898. The molecule has 192 valence electrons. The van der Waals surface area contributed by atoms with Crippen molar-refractivity contribution in [2.24, 2.45) is 11.8 Å². The van der Waals surface area contributed by atoms with Gasteiger partial charge in [0, 0.05) is 11.6 Å². The molecule has 0 aromatic heterocycles. The van der Waals surface area contributed by atoms with Crippen LogP contribution in [0.25, 0.3) is 0 Å². The molecule has 39 heavy (non-hydrogen) atoms. The molecular formula is C34H28N2O3. The van der Waals surface area contributed by atoms with E-state index in [0.717, 1.165) is 34.2 Å². The molecule has 3 aliphatic carbocycles. The minimum absolute atomic E-state index is 0.243. The highest BCUT2D eigenvalue weighted by Crippen LogP contribution is 2.64. The summed E-state index contributed by atoms with van der Waals surface area (Å²) in [6, 6.07) is 30.9. The van der Waals surface area contributed by atoms with Crippen LogP contribution in [0, 0.1) is 18.8 Å². The van der Waals surface area contributed by atoms with Crippen LogP contribution < -0.4 is 10.2 Å². The van der Waals surface area contributed by atoms with Crippen LogP contribution in [-0.2, 0) is 26.2 Å². The summed E-state index contributed by atoms with van der Waals surface area (Å²) in [5.74, 6) is -2.67. The number of carbonyl (C=O) groups is 3. The van der Waals surface area contributed by atoms with Gasteiger partial charge in [-0.2, -0.15) is 0 Å². The lowest BCUT2D eigenvalue weighted by Crippen LogP contribution is -2.59. The Balaban J connectivity index is 1.46. The molecular weight excluding hydrogens is 484 g/mol. The zero-order chi connectivity index (χ0) is 26.9. The Labute approximate surface area is 227 Å². The molecule has 5 heteroatoms. The van der Waals surface area contributed by atoms with E-state index in [4.69, 9.17) is 0 Å². The SMILES string of the molecule is CCc1ccc(NC(=O)C23c4ccccc4C(c4ccccc42)[C@H]2C(=O)N(c4ccc(C)cc4)C(=O)[C@H]23)cc1. The van der Waals surface area contributed by atoms with Gasteiger partial charge in [-0.05, 0) is 65.4 Å². The maximum Gasteiger partial charge on any atom is 0.240 e. The summed E-state index contributed by atoms with van der Waals surface area (Å²) in [7, 11) is 0. The third-order valence-electron chi connectivity index (χ3n) is 8.89. The summed E-state index contributed by atoms with van der Waals surface area (Å²) in [4.78, 5) is 44.7. The number of nitrogens with zero attached hydrogens (tertiary/aromatic N) is 1. The third-order valence-corrected chi connectivity index (χ3v) is 8.89. The number of aryl methyl sites for hydroxylation is 2. The van der Waals surface area contributed by atoms with Crippen molar-refractivity contribution >= 4 is 29.1 Å². The van der Waals surface area contributed by atoms with Gasteiger partial charge < -0.3 is 5.32 Å². The highest BCUT2D eigenvalue weighted by molar-refractivity contribution is 6.26. The molecule has 8 rings (SSSR count). The second kappa shape index (κ2) is 8.50. The van der Waals surface area contributed by atoms with E-state index >= 15 is 0 Å². The molecule has 4 aromatic rings. The fourth-order valence-corrected chi connectivity index (χ4v) is 7.16. The van der Waals surface area contributed by atoms with E-state index in [1.807, 2.05) is 104 Å². The molecule has 2 atom stereocenters. The fraction of sp³-hybridized carbons (Fsp3) is 0.206. The summed E-state index contributed by atoms with van der Waals surface area (Å²) in [5, 5.41) is 3.15. The Bertz CT molecular complexity index is 1610. The molecule has 2 bridgehead atoms. The second-order valence-electron chi connectivity index (χ2n) is 10.8. The molecule has 1 N–H and O–H groups in total. The van der Waals surface area contributed by atoms with Crippen LogP contribution in [0.3, 0.4) is 0 Å². The minimum atomic E-state index is -1.35. The molecule has 1 aliphatic heterocycles. The maximum absolute atomic E-state index is 14.7. The topological polar surface area (TPSA) is 66.5 Å². The van der Waals surface area contributed by atoms with Crippen molar-refractivity contribution in [2.75, 3.05) is 10.2 Å². The molecule has 1 fully saturated rings. The zero-order valence-corrected chi connectivity index (χ0v) is 21.8. The first-order valence-corrected chi connectivity index (χ1v) is 13.5. The monoisotopic (exact) mass is 512 g/mol. The van der Waals surface area contributed by atoms with Gasteiger partial charge in [-0.1, -0.05) is 85.3 Å². The van der Waals surface area contributed by atoms with Gasteiger partial charge in [-0.25, -0.2) is 4.90 Å². The summed E-state index contributed by atoms with van der Waals surface area (Å²) in [5.41, 5.74) is 5.59. The van der Waals surface area contributed by atoms with Crippen LogP contribution in [0.5, 0.6) is 0 Å². The highest BCUT2D eigenvalue weighted by atomic mass is 16.2. The average Bonchev–Trinajstić information content (AvgIpc) is 3.24. The predicted octanol–water partition coefficient (Wildman–Crippen LogP) is 5.75. The average molecular weight is 513 g/mol. The first-order valence-electron chi connectivity index (χ1n) is 13.5. The van der Waals surface area contributed by atoms with Crippen molar-refractivity contribution in [3.63, 3.8) is 0 Å². The molecule has 0 spiro atoms. The number of hydrogen-bond acceptors (Lipinski definition) is 3. The Morgan fingerprint density at radius 1 is 0.795 bits per heavy atom. The Morgan fingerprint density at radius 3 is 1.97 bits per heavy atom. The lowest BCUT2D eigenvalue weighted by atomic mass is 9.47. The summed E-state index contributed by atoms with van der Waals surface area (Å²) in [6.45, 7) is 4.06. The highest BCUT2D eigenvalue weighted by Gasteiger charge is 2.71. The largest absolute Gasteiger partial charge is 0.325 e. The first-order chi connectivity index (χ1) is 19.0. The van der Waals surface area contributed by atoms with Gasteiger partial charge in [-0.3, -0.25) is 14.4 Å². The standard InChI is InChI=1S/C34H28N2O3/c1-3-21-14-16-22(17-15-21)35-33(39)34-26-10-6-4-8-24(26)28(25-9-5-7-11-27(25)34)29-30(34)32(38)36(31(29)37)23-18-12-20(2)13-19-23/h4-19,28-30H,3H2,1-2H3,(H,35,39)/t28?,29-,30+,34?/m1/s1. The van der Waals surface area contributed by atoms with Crippen LogP contribution in [-0.4, -0.2) is 17.7 Å². The Hall–Kier alpha value is -4.51. The smallest absolute Gasteiger partial charge is 0.240 e. The van der Waals surface area contributed by atoms with E-state index < -0.39 is 17.3 Å². The van der Waals surface area contributed by atoms with Crippen molar-refractivity contribution in [3.05, 3.63) is 130 Å².